The molecule has 0 spiro atoms. The fourth-order valence-corrected chi connectivity index (χ4v) is 2.49. The highest BCUT2D eigenvalue weighted by Crippen LogP contribution is 2.35. The average molecular weight is 247 g/mol. The second-order valence-corrected chi connectivity index (χ2v) is 5.42. The summed E-state index contributed by atoms with van der Waals surface area (Å²) in [5.41, 5.74) is 1.81. The topological polar surface area (TPSA) is 17.1 Å². The Balaban J connectivity index is 2.31. The first-order chi connectivity index (χ1) is 8.00. The molecule has 1 aromatic rings. The Hall–Kier alpha value is -1.34. The standard InChI is InChI=1S/C15H15ClO/c1-11-8-9-13(15(2,16)10-11)14(17)12-6-4-3-5-7-12/h3-10,13H,1-2H3. The molecule has 2 unspecified atom stereocenters. The Kier molecular flexibility index (Phi) is 3.21. The van der Waals surface area contributed by atoms with E-state index in [4.69, 9.17) is 11.6 Å². The predicted octanol–water partition coefficient (Wildman–Crippen LogP) is 4.00. The van der Waals surface area contributed by atoms with Crippen molar-refractivity contribution in [2.24, 2.45) is 5.92 Å². The third-order valence-corrected chi connectivity index (χ3v) is 3.35. The Morgan fingerprint density at radius 2 is 1.94 bits per heavy atom. The SMILES string of the molecule is CC1=CC(C)(Cl)C(C(=O)c2ccccc2)C=C1. The second kappa shape index (κ2) is 4.50. The van der Waals surface area contributed by atoms with E-state index in [0.29, 0.717) is 5.56 Å². The molecule has 0 aromatic heterocycles. The van der Waals surface area contributed by atoms with Gasteiger partial charge < -0.3 is 0 Å². The number of carbonyl (C=O) groups is 1. The van der Waals surface area contributed by atoms with Gasteiger partial charge in [-0.15, -0.1) is 11.6 Å². The van der Waals surface area contributed by atoms with Gasteiger partial charge in [-0.05, 0) is 13.8 Å². The first kappa shape index (κ1) is 12.1. The van der Waals surface area contributed by atoms with E-state index in [1.807, 2.05) is 62.4 Å². The highest BCUT2D eigenvalue weighted by atomic mass is 35.5. The van der Waals surface area contributed by atoms with Gasteiger partial charge in [-0.25, -0.2) is 0 Å². The Labute approximate surface area is 107 Å². The zero-order valence-electron chi connectivity index (χ0n) is 9.98. The van der Waals surface area contributed by atoms with E-state index < -0.39 is 4.87 Å². The zero-order valence-corrected chi connectivity index (χ0v) is 10.7. The van der Waals surface area contributed by atoms with Gasteiger partial charge in [0.05, 0.1) is 10.8 Å². The van der Waals surface area contributed by atoms with Crippen LogP contribution in [-0.2, 0) is 0 Å². The van der Waals surface area contributed by atoms with Crippen molar-refractivity contribution in [3.05, 3.63) is 59.7 Å². The number of rotatable bonds is 2. The average Bonchev–Trinajstić information content (AvgIpc) is 2.28. The zero-order chi connectivity index (χ0) is 12.5. The molecule has 0 N–H and O–H groups in total. The van der Waals surface area contributed by atoms with E-state index >= 15 is 0 Å². The van der Waals surface area contributed by atoms with Crippen molar-refractivity contribution in [2.45, 2.75) is 18.7 Å². The van der Waals surface area contributed by atoms with E-state index in [1.165, 1.54) is 0 Å². The molecule has 1 aromatic carbocycles. The van der Waals surface area contributed by atoms with Crippen LogP contribution in [0.15, 0.2) is 54.1 Å². The maximum absolute atomic E-state index is 12.4. The summed E-state index contributed by atoms with van der Waals surface area (Å²) in [5.74, 6) is -0.224. The van der Waals surface area contributed by atoms with Gasteiger partial charge in [0, 0.05) is 5.56 Å². The first-order valence-corrected chi connectivity index (χ1v) is 6.04. The minimum Gasteiger partial charge on any atom is -0.293 e. The normalized spacial score (nSPS) is 27.7. The van der Waals surface area contributed by atoms with Crippen LogP contribution in [0, 0.1) is 5.92 Å². The van der Waals surface area contributed by atoms with Crippen LogP contribution in [0.3, 0.4) is 0 Å². The molecule has 0 saturated heterocycles. The summed E-state index contributed by atoms with van der Waals surface area (Å²) in [6.45, 7) is 3.87. The maximum Gasteiger partial charge on any atom is 0.171 e. The van der Waals surface area contributed by atoms with Crippen molar-refractivity contribution in [1.29, 1.82) is 0 Å². The molecule has 0 radical (unpaired) electrons. The van der Waals surface area contributed by atoms with Crippen LogP contribution < -0.4 is 0 Å². The van der Waals surface area contributed by atoms with E-state index in [2.05, 4.69) is 0 Å². The third kappa shape index (κ3) is 2.50. The van der Waals surface area contributed by atoms with Crippen LogP contribution in [0.5, 0.6) is 0 Å². The van der Waals surface area contributed by atoms with Crippen LogP contribution in [0.4, 0.5) is 0 Å². The largest absolute Gasteiger partial charge is 0.293 e. The fourth-order valence-electron chi connectivity index (χ4n) is 2.14. The van der Waals surface area contributed by atoms with Crippen LogP contribution in [0.25, 0.3) is 0 Å². The summed E-state index contributed by atoms with van der Waals surface area (Å²) in [6, 6.07) is 9.29. The smallest absolute Gasteiger partial charge is 0.171 e. The quantitative estimate of drug-likeness (QED) is 0.570. The Morgan fingerprint density at radius 1 is 1.29 bits per heavy atom. The molecule has 2 rings (SSSR count). The van der Waals surface area contributed by atoms with E-state index in [0.717, 1.165) is 5.57 Å². The van der Waals surface area contributed by atoms with Gasteiger partial charge in [-0.1, -0.05) is 54.1 Å². The fraction of sp³-hybridized carbons (Fsp3) is 0.267. The van der Waals surface area contributed by atoms with Gasteiger partial charge in [-0.2, -0.15) is 0 Å². The lowest BCUT2D eigenvalue weighted by molar-refractivity contribution is 0.0932. The van der Waals surface area contributed by atoms with Gasteiger partial charge in [-0.3, -0.25) is 4.79 Å². The second-order valence-electron chi connectivity index (χ2n) is 4.61. The number of Topliss-reactive ketones (excluding diaryl/α,β-unsaturated/α-hetero) is 1. The molecule has 0 fully saturated rings. The number of benzene rings is 1. The van der Waals surface area contributed by atoms with Crippen molar-refractivity contribution in [1.82, 2.24) is 0 Å². The van der Waals surface area contributed by atoms with E-state index in [-0.39, 0.29) is 11.7 Å². The van der Waals surface area contributed by atoms with Gasteiger partial charge in [0.1, 0.15) is 0 Å². The molecular formula is C15H15ClO. The number of alkyl halides is 1. The molecule has 0 heterocycles. The molecule has 1 aliphatic rings. The Morgan fingerprint density at radius 3 is 2.53 bits per heavy atom. The lowest BCUT2D eigenvalue weighted by atomic mass is 9.81. The van der Waals surface area contributed by atoms with Crippen molar-refractivity contribution < 1.29 is 4.79 Å². The van der Waals surface area contributed by atoms with Gasteiger partial charge in [0.25, 0.3) is 0 Å². The van der Waals surface area contributed by atoms with Crippen LogP contribution in [-0.4, -0.2) is 10.7 Å². The summed E-state index contributed by atoms with van der Waals surface area (Å²) >= 11 is 6.43. The molecule has 1 aliphatic carbocycles. The monoisotopic (exact) mass is 246 g/mol. The molecule has 2 heteroatoms. The van der Waals surface area contributed by atoms with Crippen molar-refractivity contribution in [3.63, 3.8) is 0 Å². The third-order valence-electron chi connectivity index (χ3n) is 3.01. The molecule has 17 heavy (non-hydrogen) atoms. The molecule has 88 valence electrons. The number of hydrogen-bond donors (Lipinski definition) is 0. The summed E-state index contributed by atoms with van der Waals surface area (Å²) in [5, 5.41) is 0. The van der Waals surface area contributed by atoms with Crippen molar-refractivity contribution in [3.8, 4) is 0 Å². The predicted molar refractivity (Wildman–Crippen MR) is 71.4 cm³/mol. The summed E-state index contributed by atoms with van der Waals surface area (Å²) in [7, 11) is 0. The van der Waals surface area contributed by atoms with Crippen molar-refractivity contribution >= 4 is 17.4 Å². The molecular weight excluding hydrogens is 232 g/mol. The van der Waals surface area contributed by atoms with Crippen LogP contribution >= 0.6 is 11.6 Å². The lowest BCUT2D eigenvalue weighted by Gasteiger charge is -2.29. The van der Waals surface area contributed by atoms with Crippen LogP contribution in [0.1, 0.15) is 24.2 Å². The molecule has 0 saturated carbocycles. The van der Waals surface area contributed by atoms with Gasteiger partial charge in [0.2, 0.25) is 0 Å². The molecule has 1 nitrogen and oxygen atoms in total. The molecule has 0 bridgehead atoms. The van der Waals surface area contributed by atoms with E-state index in [9.17, 15) is 4.79 Å². The summed E-state index contributed by atoms with van der Waals surface area (Å²) in [4.78, 5) is 11.7. The van der Waals surface area contributed by atoms with Crippen molar-refractivity contribution in [2.75, 3.05) is 0 Å². The lowest BCUT2D eigenvalue weighted by Crippen LogP contribution is -2.33. The number of ketones is 1. The molecule has 2 atom stereocenters. The molecule has 0 amide bonds. The number of allylic oxidation sites excluding steroid dienone is 4. The maximum atomic E-state index is 12.4. The number of hydrogen-bond acceptors (Lipinski definition) is 1. The van der Waals surface area contributed by atoms with Gasteiger partial charge in [0.15, 0.2) is 5.78 Å². The number of carbonyl (C=O) groups excluding carboxylic acids is 1. The highest BCUT2D eigenvalue weighted by Gasteiger charge is 2.35. The first-order valence-electron chi connectivity index (χ1n) is 5.66. The summed E-state index contributed by atoms with van der Waals surface area (Å²) in [6.07, 6.45) is 5.80. The molecule has 0 aliphatic heterocycles. The van der Waals surface area contributed by atoms with Gasteiger partial charge >= 0.3 is 0 Å². The van der Waals surface area contributed by atoms with Crippen LogP contribution in [0.2, 0.25) is 0 Å². The number of halogens is 1. The minimum atomic E-state index is -0.633. The van der Waals surface area contributed by atoms with E-state index in [1.54, 1.807) is 0 Å². The highest BCUT2D eigenvalue weighted by molar-refractivity contribution is 6.27. The summed E-state index contributed by atoms with van der Waals surface area (Å²) < 4.78 is 0. The Bertz CT molecular complexity index is 483. The minimum absolute atomic E-state index is 0.0723.